The number of hydrogen-bond donors (Lipinski definition) is 2. The van der Waals surface area contributed by atoms with Crippen LogP contribution in [0.2, 0.25) is 0 Å². The summed E-state index contributed by atoms with van der Waals surface area (Å²) in [5.41, 5.74) is 3.36. The van der Waals surface area contributed by atoms with Crippen molar-refractivity contribution in [1.29, 1.82) is 0 Å². The van der Waals surface area contributed by atoms with Gasteiger partial charge in [0, 0.05) is 5.56 Å². The number of amides is 1. The van der Waals surface area contributed by atoms with Crippen molar-refractivity contribution in [2.75, 3.05) is 26.9 Å². The number of phenolic OH excluding ortho intramolecular Hbond substituents is 1. The first-order valence-corrected chi connectivity index (χ1v) is 9.30. The molecule has 8 nitrogen and oxygen atoms in total. The highest BCUT2D eigenvalue weighted by atomic mass is 16.5. The van der Waals surface area contributed by atoms with Crippen LogP contribution in [0, 0.1) is 0 Å². The molecule has 0 radical (unpaired) electrons. The molecule has 2 N–H and O–H groups in total. The van der Waals surface area contributed by atoms with E-state index < -0.39 is 5.91 Å². The highest BCUT2D eigenvalue weighted by Crippen LogP contribution is 2.39. The number of carbonyl (C=O) groups is 1. The standard InChI is InChI=1S/C21H26N2O6/c1-5-27-18-11-15(12-19(28-6-2)20(18)29-7-3)21(25)23-22-13-14-8-9-17(26-4)16(24)10-14/h8-13,24H,5-7H2,1-4H3,(H,23,25)/b22-13-. The first-order chi connectivity index (χ1) is 14.0. The zero-order valence-electron chi connectivity index (χ0n) is 17.0. The molecule has 0 atom stereocenters. The Morgan fingerprint density at radius 2 is 1.62 bits per heavy atom. The molecule has 29 heavy (non-hydrogen) atoms. The van der Waals surface area contributed by atoms with Gasteiger partial charge in [-0.3, -0.25) is 4.79 Å². The number of ether oxygens (including phenoxy) is 4. The lowest BCUT2D eigenvalue weighted by atomic mass is 10.1. The zero-order valence-corrected chi connectivity index (χ0v) is 17.0. The molecule has 0 aliphatic heterocycles. The molecular formula is C21H26N2O6. The molecule has 1 amide bonds. The van der Waals surface area contributed by atoms with Gasteiger partial charge in [-0.25, -0.2) is 5.43 Å². The zero-order chi connectivity index (χ0) is 21.2. The minimum atomic E-state index is -0.441. The SMILES string of the molecule is CCOc1cc(C(=O)N/N=C\c2ccc(OC)c(O)c2)cc(OCC)c1OCC. The van der Waals surface area contributed by atoms with E-state index in [1.165, 1.54) is 19.4 Å². The number of aromatic hydroxyl groups is 1. The van der Waals surface area contributed by atoms with Crippen molar-refractivity contribution >= 4 is 12.1 Å². The molecule has 0 saturated carbocycles. The van der Waals surface area contributed by atoms with Crippen LogP contribution in [0.5, 0.6) is 28.7 Å². The normalized spacial score (nSPS) is 10.6. The molecular weight excluding hydrogens is 376 g/mol. The molecule has 0 aliphatic carbocycles. The Morgan fingerprint density at radius 3 is 2.14 bits per heavy atom. The summed E-state index contributed by atoms with van der Waals surface area (Å²) < 4.78 is 21.8. The average molecular weight is 402 g/mol. The summed E-state index contributed by atoms with van der Waals surface area (Å²) >= 11 is 0. The van der Waals surface area contributed by atoms with Gasteiger partial charge in [0.1, 0.15) is 0 Å². The van der Waals surface area contributed by atoms with Crippen molar-refractivity contribution in [2.24, 2.45) is 5.10 Å². The van der Waals surface area contributed by atoms with Crippen LogP contribution in [0.15, 0.2) is 35.4 Å². The average Bonchev–Trinajstić information content (AvgIpc) is 2.70. The topological polar surface area (TPSA) is 98.6 Å². The fraction of sp³-hybridized carbons (Fsp3) is 0.333. The molecule has 0 unspecified atom stereocenters. The minimum absolute atomic E-state index is 0.0167. The predicted molar refractivity (Wildman–Crippen MR) is 110 cm³/mol. The van der Waals surface area contributed by atoms with E-state index in [1.54, 1.807) is 24.3 Å². The van der Waals surface area contributed by atoms with Gasteiger partial charge >= 0.3 is 0 Å². The van der Waals surface area contributed by atoms with E-state index in [0.717, 1.165) is 0 Å². The summed E-state index contributed by atoms with van der Waals surface area (Å²) in [6.45, 7) is 6.81. The number of methoxy groups -OCH3 is 1. The summed E-state index contributed by atoms with van der Waals surface area (Å²) in [6, 6.07) is 7.95. The Labute approximate surface area is 170 Å². The van der Waals surface area contributed by atoms with Crippen LogP contribution in [-0.4, -0.2) is 44.2 Å². The van der Waals surface area contributed by atoms with Gasteiger partial charge in [-0.1, -0.05) is 0 Å². The molecule has 8 heteroatoms. The van der Waals surface area contributed by atoms with E-state index in [2.05, 4.69) is 10.5 Å². The Bertz CT molecular complexity index is 839. The number of hydrogen-bond acceptors (Lipinski definition) is 7. The van der Waals surface area contributed by atoms with Crippen molar-refractivity contribution in [3.05, 3.63) is 41.5 Å². The molecule has 0 bridgehead atoms. The minimum Gasteiger partial charge on any atom is -0.504 e. The molecule has 0 aromatic heterocycles. The van der Waals surface area contributed by atoms with Gasteiger partial charge in [0.2, 0.25) is 5.75 Å². The van der Waals surface area contributed by atoms with Crippen molar-refractivity contribution in [3.63, 3.8) is 0 Å². The third-order valence-corrected chi connectivity index (χ3v) is 3.75. The summed E-state index contributed by atoms with van der Waals surface area (Å²) in [7, 11) is 1.47. The van der Waals surface area contributed by atoms with E-state index in [1.807, 2.05) is 20.8 Å². The number of nitrogens with one attached hydrogen (secondary N) is 1. The summed E-state index contributed by atoms with van der Waals surface area (Å²) in [4.78, 5) is 12.5. The first kappa shape index (κ1) is 21.9. The summed E-state index contributed by atoms with van der Waals surface area (Å²) in [5.74, 6) is 1.21. The van der Waals surface area contributed by atoms with E-state index in [4.69, 9.17) is 18.9 Å². The smallest absolute Gasteiger partial charge is 0.271 e. The van der Waals surface area contributed by atoms with E-state index >= 15 is 0 Å². The first-order valence-electron chi connectivity index (χ1n) is 9.30. The molecule has 0 aliphatic rings. The van der Waals surface area contributed by atoms with Crippen LogP contribution < -0.4 is 24.4 Å². The second kappa shape index (κ2) is 10.8. The van der Waals surface area contributed by atoms with Crippen LogP contribution in [0.1, 0.15) is 36.7 Å². The fourth-order valence-electron chi connectivity index (χ4n) is 2.54. The van der Waals surface area contributed by atoms with Gasteiger partial charge < -0.3 is 24.1 Å². The molecule has 0 spiro atoms. The number of carbonyl (C=O) groups excluding carboxylic acids is 1. The van der Waals surface area contributed by atoms with Gasteiger partial charge in [0.25, 0.3) is 5.91 Å². The van der Waals surface area contributed by atoms with Crippen molar-refractivity contribution < 1.29 is 28.8 Å². The number of phenols is 1. The number of nitrogens with zero attached hydrogens (tertiary/aromatic N) is 1. The maximum absolute atomic E-state index is 12.5. The number of hydrazone groups is 1. The number of rotatable bonds is 10. The second-order valence-corrected chi connectivity index (χ2v) is 5.73. The molecule has 0 saturated heterocycles. The lowest BCUT2D eigenvalue weighted by molar-refractivity contribution is 0.0954. The maximum Gasteiger partial charge on any atom is 0.271 e. The molecule has 0 fully saturated rings. The van der Waals surface area contributed by atoms with Gasteiger partial charge in [-0.15, -0.1) is 0 Å². The molecule has 2 rings (SSSR count). The van der Waals surface area contributed by atoms with Crippen LogP contribution in [-0.2, 0) is 0 Å². The molecule has 2 aromatic rings. The highest BCUT2D eigenvalue weighted by Gasteiger charge is 2.18. The van der Waals surface area contributed by atoms with Gasteiger partial charge in [-0.05, 0) is 56.7 Å². The monoisotopic (exact) mass is 402 g/mol. The Hall–Kier alpha value is -3.42. The van der Waals surface area contributed by atoms with Crippen molar-refractivity contribution in [1.82, 2.24) is 5.43 Å². The Kier molecular flexibility index (Phi) is 8.14. The van der Waals surface area contributed by atoms with Crippen LogP contribution in [0.25, 0.3) is 0 Å². The van der Waals surface area contributed by atoms with Crippen LogP contribution in [0.3, 0.4) is 0 Å². The second-order valence-electron chi connectivity index (χ2n) is 5.73. The molecule has 0 heterocycles. The van der Waals surface area contributed by atoms with E-state index in [9.17, 15) is 9.90 Å². The van der Waals surface area contributed by atoms with Gasteiger partial charge in [0.15, 0.2) is 23.0 Å². The third kappa shape index (κ3) is 5.78. The fourth-order valence-corrected chi connectivity index (χ4v) is 2.54. The summed E-state index contributed by atoms with van der Waals surface area (Å²) in [5, 5.41) is 13.7. The predicted octanol–water partition coefficient (Wildman–Crippen LogP) is 3.36. The van der Waals surface area contributed by atoms with Gasteiger partial charge in [-0.2, -0.15) is 5.10 Å². The summed E-state index contributed by atoms with van der Waals surface area (Å²) in [6.07, 6.45) is 1.42. The van der Waals surface area contributed by atoms with E-state index in [0.29, 0.717) is 53.9 Å². The Morgan fingerprint density at radius 1 is 1.00 bits per heavy atom. The van der Waals surface area contributed by atoms with Gasteiger partial charge in [0.05, 0.1) is 33.1 Å². The lowest BCUT2D eigenvalue weighted by Gasteiger charge is -2.16. The van der Waals surface area contributed by atoms with Crippen molar-refractivity contribution in [3.8, 4) is 28.7 Å². The van der Waals surface area contributed by atoms with Crippen LogP contribution >= 0.6 is 0 Å². The largest absolute Gasteiger partial charge is 0.504 e. The quantitative estimate of drug-likeness (QED) is 0.467. The van der Waals surface area contributed by atoms with Crippen LogP contribution in [0.4, 0.5) is 0 Å². The molecule has 156 valence electrons. The number of benzene rings is 2. The Balaban J connectivity index is 2.21. The van der Waals surface area contributed by atoms with E-state index in [-0.39, 0.29) is 5.75 Å². The highest BCUT2D eigenvalue weighted by molar-refractivity contribution is 5.96. The maximum atomic E-state index is 12.5. The third-order valence-electron chi connectivity index (χ3n) is 3.75. The van der Waals surface area contributed by atoms with Crippen molar-refractivity contribution in [2.45, 2.75) is 20.8 Å². The lowest BCUT2D eigenvalue weighted by Crippen LogP contribution is -2.18. The molecule has 2 aromatic carbocycles.